The van der Waals surface area contributed by atoms with Crippen molar-refractivity contribution in [3.05, 3.63) is 58.7 Å². The van der Waals surface area contributed by atoms with Crippen LogP contribution in [0.3, 0.4) is 0 Å². The molecule has 0 radical (unpaired) electrons. The zero-order valence-corrected chi connectivity index (χ0v) is 13.9. The number of hydrogen-bond acceptors (Lipinski definition) is 4. The molecule has 6 heteroatoms. The van der Waals surface area contributed by atoms with Gasteiger partial charge in [0.15, 0.2) is 5.78 Å². The Kier molecular flexibility index (Phi) is 3.90. The van der Waals surface area contributed by atoms with Crippen LogP contribution in [0.25, 0.3) is 5.65 Å². The van der Waals surface area contributed by atoms with E-state index in [4.69, 9.17) is 0 Å². The Morgan fingerprint density at radius 1 is 1.25 bits per heavy atom. The number of aromatic nitrogens is 2. The molecule has 1 atom stereocenters. The molecule has 5 nitrogen and oxygen atoms in total. The van der Waals surface area contributed by atoms with E-state index in [-0.39, 0.29) is 17.6 Å². The Balaban J connectivity index is 1.52. The molecule has 0 aliphatic carbocycles. The van der Waals surface area contributed by atoms with Crippen LogP contribution in [0.5, 0.6) is 0 Å². The van der Waals surface area contributed by atoms with E-state index in [1.165, 1.54) is 11.3 Å². The lowest BCUT2D eigenvalue weighted by atomic mass is 9.92. The number of ketones is 1. The smallest absolute Gasteiger partial charge is 0.255 e. The van der Waals surface area contributed by atoms with Crippen LogP contribution in [-0.4, -0.2) is 39.1 Å². The van der Waals surface area contributed by atoms with Crippen LogP contribution in [0.2, 0.25) is 0 Å². The van der Waals surface area contributed by atoms with E-state index in [1.54, 1.807) is 23.4 Å². The number of hydrogen-bond donors (Lipinski definition) is 0. The molecule has 1 aliphatic heterocycles. The predicted molar refractivity (Wildman–Crippen MR) is 92.5 cm³/mol. The van der Waals surface area contributed by atoms with Gasteiger partial charge in [-0.15, -0.1) is 11.3 Å². The third kappa shape index (κ3) is 2.73. The molecule has 0 spiro atoms. The van der Waals surface area contributed by atoms with Gasteiger partial charge in [-0.25, -0.2) is 4.98 Å². The lowest BCUT2D eigenvalue weighted by Gasteiger charge is -2.32. The van der Waals surface area contributed by atoms with E-state index >= 15 is 0 Å². The summed E-state index contributed by atoms with van der Waals surface area (Å²) in [5, 5.41) is 1.92. The van der Waals surface area contributed by atoms with Crippen molar-refractivity contribution >= 4 is 28.7 Å². The minimum absolute atomic E-state index is 0.0192. The highest BCUT2D eigenvalue weighted by Gasteiger charge is 2.30. The van der Waals surface area contributed by atoms with Crippen LogP contribution in [0.15, 0.2) is 48.2 Å². The number of fused-ring (bicyclic) bond motifs is 1. The molecule has 1 aliphatic rings. The van der Waals surface area contributed by atoms with Crippen LogP contribution in [0.4, 0.5) is 0 Å². The van der Waals surface area contributed by atoms with Gasteiger partial charge in [-0.3, -0.25) is 9.59 Å². The van der Waals surface area contributed by atoms with Gasteiger partial charge in [-0.05, 0) is 36.4 Å². The highest BCUT2D eigenvalue weighted by atomic mass is 32.1. The first-order valence-electron chi connectivity index (χ1n) is 8.02. The van der Waals surface area contributed by atoms with E-state index in [1.807, 2.05) is 34.2 Å². The van der Waals surface area contributed by atoms with Crippen LogP contribution in [0, 0.1) is 5.92 Å². The van der Waals surface area contributed by atoms with Gasteiger partial charge < -0.3 is 9.30 Å². The average Bonchev–Trinajstić information content (AvgIpc) is 3.31. The minimum Gasteiger partial charge on any atom is -0.338 e. The quantitative estimate of drug-likeness (QED) is 0.689. The molecule has 3 aromatic rings. The number of likely N-dealkylation sites (tertiary alicyclic amines) is 1. The van der Waals surface area contributed by atoms with Crippen molar-refractivity contribution in [1.29, 1.82) is 0 Å². The van der Waals surface area contributed by atoms with Crippen LogP contribution in [-0.2, 0) is 0 Å². The van der Waals surface area contributed by atoms with Crippen LogP contribution < -0.4 is 0 Å². The molecule has 1 fully saturated rings. The normalized spacial score (nSPS) is 18.0. The van der Waals surface area contributed by atoms with Gasteiger partial charge in [0, 0.05) is 37.6 Å². The maximum absolute atomic E-state index is 12.8. The van der Waals surface area contributed by atoms with Gasteiger partial charge >= 0.3 is 0 Å². The van der Waals surface area contributed by atoms with Crippen molar-refractivity contribution in [3.63, 3.8) is 0 Å². The minimum atomic E-state index is -0.0988. The summed E-state index contributed by atoms with van der Waals surface area (Å²) in [6.07, 6.45) is 7.04. The van der Waals surface area contributed by atoms with Crippen molar-refractivity contribution in [3.8, 4) is 0 Å². The van der Waals surface area contributed by atoms with Crippen molar-refractivity contribution in [1.82, 2.24) is 14.3 Å². The van der Waals surface area contributed by atoms with Crippen molar-refractivity contribution < 1.29 is 9.59 Å². The fourth-order valence-electron chi connectivity index (χ4n) is 3.22. The molecule has 122 valence electrons. The molecule has 1 amide bonds. The number of pyridine rings is 1. The summed E-state index contributed by atoms with van der Waals surface area (Å²) < 4.78 is 1.84. The summed E-state index contributed by atoms with van der Waals surface area (Å²) in [6, 6.07) is 7.39. The van der Waals surface area contributed by atoms with Gasteiger partial charge in [0.1, 0.15) is 5.65 Å². The number of carbonyl (C=O) groups is 2. The molecule has 24 heavy (non-hydrogen) atoms. The molecule has 0 saturated carbocycles. The number of nitrogens with zero attached hydrogens (tertiary/aromatic N) is 3. The number of rotatable bonds is 3. The monoisotopic (exact) mass is 339 g/mol. The maximum Gasteiger partial charge on any atom is 0.255 e. The van der Waals surface area contributed by atoms with E-state index < -0.39 is 0 Å². The predicted octanol–water partition coefficient (Wildman–Crippen LogP) is 3.13. The number of piperidine rings is 1. The van der Waals surface area contributed by atoms with Crippen LogP contribution in [0.1, 0.15) is 32.9 Å². The summed E-state index contributed by atoms with van der Waals surface area (Å²) in [5.41, 5.74) is 1.45. The highest BCUT2D eigenvalue weighted by molar-refractivity contribution is 7.12. The molecule has 1 saturated heterocycles. The fourth-order valence-corrected chi connectivity index (χ4v) is 3.97. The second-order valence-corrected chi connectivity index (χ2v) is 6.99. The zero-order chi connectivity index (χ0) is 16.5. The number of thiophene rings is 1. The first-order chi connectivity index (χ1) is 11.7. The standard InChI is InChI=1S/C18H17N3O2S/c22-17(15-4-2-10-24-15)13-3-1-8-21(11-13)18(23)14-5-6-16-19-7-9-20(16)12-14/h2,4-7,9-10,12-13H,1,3,8,11H2. The first kappa shape index (κ1) is 15.1. The summed E-state index contributed by atoms with van der Waals surface area (Å²) in [5.74, 6) is 0.0418. The second kappa shape index (κ2) is 6.20. The number of carbonyl (C=O) groups excluding carboxylic acids is 2. The third-order valence-electron chi connectivity index (χ3n) is 4.48. The summed E-state index contributed by atoms with van der Waals surface area (Å²) in [7, 11) is 0. The van der Waals surface area contributed by atoms with E-state index in [0.29, 0.717) is 18.7 Å². The maximum atomic E-state index is 12.8. The van der Waals surface area contributed by atoms with Gasteiger partial charge in [-0.2, -0.15) is 0 Å². The number of amides is 1. The lowest BCUT2D eigenvalue weighted by molar-refractivity contribution is 0.0638. The molecule has 0 N–H and O–H groups in total. The Labute approximate surface area is 143 Å². The molecule has 4 rings (SSSR count). The topological polar surface area (TPSA) is 54.7 Å². The molecule has 1 unspecified atom stereocenters. The molecule has 3 aromatic heterocycles. The van der Waals surface area contributed by atoms with Gasteiger partial charge in [0.25, 0.3) is 5.91 Å². The Morgan fingerprint density at radius 3 is 3.00 bits per heavy atom. The van der Waals surface area contributed by atoms with Gasteiger partial charge in [0.2, 0.25) is 0 Å². The third-order valence-corrected chi connectivity index (χ3v) is 5.36. The van der Waals surface area contributed by atoms with Crippen molar-refractivity contribution in [2.45, 2.75) is 12.8 Å². The van der Waals surface area contributed by atoms with E-state index in [9.17, 15) is 9.59 Å². The SMILES string of the molecule is O=C(c1cccs1)C1CCCN(C(=O)c2ccc3nccn3c2)C1. The average molecular weight is 339 g/mol. The molecule has 0 aromatic carbocycles. The second-order valence-electron chi connectivity index (χ2n) is 6.04. The molecular weight excluding hydrogens is 322 g/mol. The molecule has 0 bridgehead atoms. The highest BCUT2D eigenvalue weighted by Crippen LogP contribution is 2.24. The van der Waals surface area contributed by atoms with Crippen molar-refractivity contribution in [2.75, 3.05) is 13.1 Å². The zero-order valence-electron chi connectivity index (χ0n) is 13.1. The molecule has 4 heterocycles. The van der Waals surface area contributed by atoms with E-state index in [0.717, 1.165) is 23.4 Å². The largest absolute Gasteiger partial charge is 0.338 e. The van der Waals surface area contributed by atoms with Gasteiger partial charge in [-0.1, -0.05) is 6.07 Å². The van der Waals surface area contributed by atoms with Crippen LogP contribution >= 0.6 is 11.3 Å². The lowest BCUT2D eigenvalue weighted by Crippen LogP contribution is -2.42. The fraction of sp³-hybridized carbons (Fsp3) is 0.278. The summed E-state index contributed by atoms with van der Waals surface area (Å²) in [4.78, 5) is 32.1. The van der Waals surface area contributed by atoms with Gasteiger partial charge in [0.05, 0.1) is 10.4 Å². The van der Waals surface area contributed by atoms with Crippen molar-refractivity contribution in [2.24, 2.45) is 5.92 Å². The summed E-state index contributed by atoms with van der Waals surface area (Å²) >= 11 is 1.47. The number of Topliss-reactive ketones (excluding diaryl/α,β-unsaturated/α-hetero) is 1. The molecular formula is C18H17N3O2S. The Morgan fingerprint density at radius 2 is 2.17 bits per heavy atom. The summed E-state index contributed by atoms with van der Waals surface area (Å²) in [6.45, 7) is 1.20. The van der Waals surface area contributed by atoms with E-state index in [2.05, 4.69) is 4.98 Å². The number of imidazole rings is 1. The first-order valence-corrected chi connectivity index (χ1v) is 8.90. The Bertz CT molecular complexity index is 885. The Hall–Kier alpha value is -2.47.